The van der Waals surface area contributed by atoms with Crippen LogP contribution in [0.4, 0.5) is 0 Å². The Morgan fingerprint density at radius 2 is 1.04 bits per heavy atom. The van der Waals surface area contributed by atoms with Crippen molar-refractivity contribution >= 4 is 43.5 Å². The van der Waals surface area contributed by atoms with Crippen molar-refractivity contribution in [2.24, 2.45) is 0 Å². The molecule has 7 aromatic carbocycles. The van der Waals surface area contributed by atoms with Gasteiger partial charge in [0.15, 0.2) is 5.82 Å². The van der Waals surface area contributed by atoms with E-state index in [9.17, 15) is 0 Å². The molecule has 0 amide bonds. The molecule has 3 nitrogen and oxygen atoms in total. The van der Waals surface area contributed by atoms with Crippen molar-refractivity contribution in [3.8, 4) is 50.6 Å². The molecule has 0 N–H and O–H groups in total. The van der Waals surface area contributed by atoms with Crippen LogP contribution in [-0.2, 0) is 0 Å². The van der Waals surface area contributed by atoms with Crippen molar-refractivity contribution in [1.29, 1.82) is 0 Å². The van der Waals surface area contributed by atoms with Gasteiger partial charge in [0.1, 0.15) is 0 Å². The lowest BCUT2D eigenvalue weighted by Crippen LogP contribution is -1.97. The van der Waals surface area contributed by atoms with Crippen molar-refractivity contribution in [2.75, 3.05) is 0 Å². The second-order valence-electron chi connectivity index (χ2n) is 11.8. The number of aromatic nitrogens is 3. The molecule has 9 aromatic rings. The zero-order valence-electron chi connectivity index (χ0n) is 24.3. The van der Waals surface area contributed by atoms with Gasteiger partial charge in [-0.2, -0.15) is 0 Å². The number of nitrogens with zero attached hydrogens (tertiary/aromatic N) is 3. The first-order chi connectivity index (χ1) is 22.3. The average Bonchev–Trinajstić information content (AvgIpc) is 3.62. The summed E-state index contributed by atoms with van der Waals surface area (Å²) in [5, 5.41) is 6.02. The highest BCUT2D eigenvalue weighted by molar-refractivity contribution is 6.19. The minimum atomic E-state index is 0.724. The van der Waals surface area contributed by atoms with E-state index < -0.39 is 0 Å². The standard InChI is InChI=1S/C42H25N3/c1-2-11-27(12-3-1)45-38-20-9-7-15-30(38)31-22-21-26(25-39(31)45)42-43-37-19-8-6-16-36(37)41(44-42)35-24-23-34-29-14-5-4-13-28(29)32-17-10-18-33(35)40(32)34/h1-25H. The molecule has 0 unspecified atom stereocenters. The Labute approximate surface area is 259 Å². The Morgan fingerprint density at radius 3 is 1.91 bits per heavy atom. The number of hydrogen-bond acceptors (Lipinski definition) is 2. The van der Waals surface area contributed by atoms with Crippen LogP contribution in [-0.4, -0.2) is 14.5 Å². The zero-order chi connectivity index (χ0) is 29.5. The van der Waals surface area contributed by atoms with E-state index in [0.29, 0.717) is 0 Å². The van der Waals surface area contributed by atoms with Gasteiger partial charge in [-0.25, -0.2) is 9.97 Å². The van der Waals surface area contributed by atoms with E-state index in [1.54, 1.807) is 0 Å². The summed E-state index contributed by atoms with van der Waals surface area (Å²) in [5.74, 6) is 0.724. The maximum Gasteiger partial charge on any atom is 0.160 e. The fraction of sp³-hybridized carbons (Fsp3) is 0. The van der Waals surface area contributed by atoms with Crippen LogP contribution in [0.1, 0.15) is 0 Å². The quantitative estimate of drug-likeness (QED) is 0.211. The fourth-order valence-electron chi connectivity index (χ4n) is 7.39. The molecule has 0 saturated carbocycles. The molecule has 0 saturated heterocycles. The maximum atomic E-state index is 5.36. The molecule has 0 bridgehead atoms. The third-order valence-electron chi connectivity index (χ3n) is 9.35. The number of hydrogen-bond donors (Lipinski definition) is 0. The lowest BCUT2D eigenvalue weighted by Gasteiger charge is -2.13. The van der Waals surface area contributed by atoms with E-state index in [1.807, 2.05) is 0 Å². The predicted molar refractivity (Wildman–Crippen MR) is 187 cm³/mol. The molecule has 1 aliphatic carbocycles. The fourth-order valence-corrected chi connectivity index (χ4v) is 7.39. The van der Waals surface area contributed by atoms with E-state index in [-0.39, 0.29) is 0 Å². The summed E-state index contributed by atoms with van der Waals surface area (Å²) >= 11 is 0. The summed E-state index contributed by atoms with van der Waals surface area (Å²) in [6.07, 6.45) is 0. The molecule has 10 rings (SSSR count). The van der Waals surface area contributed by atoms with Gasteiger partial charge in [0.2, 0.25) is 0 Å². The molecule has 0 aliphatic heterocycles. The van der Waals surface area contributed by atoms with E-state index in [0.717, 1.165) is 44.8 Å². The Balaban J connectivity index is 1.23. The van der Waals surface area contributed by atoms with Gasteiger partial charge >= 0.3 is 0 Å². The predicted octanol–water partition coefficient (Wildman–Crippen LogP) is 10.9. The molecule has 2 heterocycles. The summed E-state index contributed by atoms with van der Waals surface area (Å²) in [6.45, 7) is 0. The number of rotatable bonds is 3. The monoisotopic (exact) mass is 571 g/mol. The Morgan fingerprint density at radius 1 is 0.400 bits per heavy atom. The van der Waals surface area contributed by atoms with Gasteiger partial charge in [0, 0.05) is 33.0 Å². The van der Waals surface area contributed by atoms with Crippen molar-refractivity contribution in [3.05, 3.63) is 152 Å². The Bertz CT molecular complexity index is 2620. The van der Waals surface area contributed by atoms with Gasteiger partial charge in [0.05, 0.1) is 22.2 Å². The lowest BCUT2D eigenvalue weighted by molar-refractivity contribution is 1.18. The zero-order valence-corrected chi connectivity index (χ0v) is 24.3. The molecule has 3 heteroatoms. The molecule has 45 heavy (non-hydrogen) atoms. The number of fused-ring (bicyclic) bond motifs is 7. The summed E-state index contributed by atoms with van der Waals surface area (Å²) in [5.41, 5.74) is 12.6. The second-order valence-corrected chi connectivity index (χ2v) is 11.8. The largest absolute Gasteiger partial charge is 0.309 e. The van der Waals surface area contributed by atoms with Crippen molar-refractivity contribution in [1.82, 2.24) is 14.5 Å². The molecular weight excluding hydrogens is 546 g/mol. The van der Waals surface area contributed by atoms with E-state index in [1.165, 1.54) is 49.3 Å². The highest BCUT2D eigenvalue weighted by atomic mass is 15.0. The van der Waals surface area contributed by atoms with Gasteiger partial charge in [-0.15, -0.1) is 0 Å². The van der Waals surface area contributed by atoms with E-state index in [2.05, 4.69) is 156 Å². The van der Waals surface area contributed by atoms with Crippen LogP contribution in [0.25, 0.3) is 94.1 Å². The van der Waals surface area contributed by atoms with Gasteiger partial charge in [-0.1, -0.05) is 121 Å². The summed E-state index contributed by atoms with van der Waals surface area (Å²) in [7, 11) is 0. The Kier molecular flexibility index (Phi) is 5.00. The average molecular weight is 572 g/mol. The van der Waals surface area contributed by atoms with Crippen LogP contribution in [0.3, 0.4) is 0 Å². The number of para-hydroxylation sites is 3. The van der Waals surface area contributed by atoms with Crippen molar-refractivity contribution in [3.63, 3.8) is 0 Å². The third-order valence-corrected chi connectivity index (χ3v) is 9.35. The molecule has 0 spiro atoms. The first-order valence-corrected chi connectivity index (χ1v) is 15.4. The highest BCUT2D eigenvalue weighted by Gasteiger charge is 2.24. The number of benzene rings is 7. The van der Waals surface area contributed by atoms with Crippen molar-refractivity contribution in [2.45, 2.75) is 0 Å². The minimum Gasteiger partial charge on any atom is -0.309 e. The van der Waals surface area contributed by atoms with Crippen LogP contribution >= 0.6 is 0 Å². The van der Waals surface area contributed by atoms with Gasteiger partial charge in [0.25, 0.3) is 0 Å². The van der Waals surface area contributed by atoms with E-state index >= 15 is 0 Å². The lowest BCUT2D eigenvalue weighted by atomic mass is 9.95. The van der Waals surface area contributed by atoms with Crippen molar-refractivity contribution < 1.29 is 0 Å². The normalized spacial score (nSPS) is 12.0. The summed E-state index contributed by atoms with van der Waals surface area (Å²) in [6, 6.07) is 54.1. The minimum absolute atomic E-state index is 0.724. The third kappa shape index (κ3) is 3.46. The smallest absolute Gasteiger partial charge is 0.160 e. The van der Waals surface area contributed by atoms with Gasteiger partial charge < -0.3 is 4.57 Å². The highest BCUT2D eigenvalue weighted by Crippen LogP contribution is 2.49. The van der Waals surface area contributed by atoms with Crippen LogP contribution in [0.15, 0.2) is 152 Å². The van der Waals surface area contributed by atoms with Gasteiger partial charge in [-0.3, -0.25) is 0 Å². The molecule has 0 radical (unpaired) electrons. The first kappa shape index (κ1) is 24.4. The van der Waals surface area contributed by atoms with Crippen LogP contribution in [0.5, 0.6) is 0 Å². The molecular formula is C42H25N3. The topological polar surface area (TPSA) is 30.7 Å². The second kappa shape index (κ2) is 9.22. The SMILES string of the molecule is c1ccc(-n2c3ccccc3c3ccc(-c4nc(-c5ccc6c7c(cccc57)-c5ccccc5-6)c5ccccc5n4)cc32)cc1. The summed E-state index contributed by atoms with van der Waals surface area (Å²) in [4.78, 5) is 10.5. The molecule has 208 valence electrons. The molecule has 1 aliphatic rings. The van der Waals surface area contributed by atoms with E-state index in [4.69, 9.17) is 9.97 Å². The van der Waals surface area contributed by atoms with Gasteiger partial charge in [-0.05, 0) is 63.4 Å². The molecule has 2 aromatic heterocycles. The Hall–Kier alpha value is -6.06. The van der Waals surface area contributed by atoms with Crippen LogP contribution in [0, 0.1) is 0 Å². The maximum absolute atomic E-state index is 5.36. The molecule has 0 fully saturated rings. The van der Waals surface area contributed by atoms with Crippen LogP contribution in [0.2, 0.25) is 0 Å². The van der Waals surface area contributed by atoms with Crippen LogP contribution < -0.4 is 0 Å². The molecule has 0 atom stereocenters. The summed E-state index contributed by atoms with van der Waals surface area (Å²) < 4.78 is 2.34. The first-order valence-electron chi connectivity index (χ1n) is 15.4.